The van der Waals surface area contributed by atoms with Gasteiger partial charge in [-0.25, -0.2) is 4.98 Å². The number of carbonyl (C=O) groups excluding carboxylic acids is 1. The summed E-state index contributed by atoms with van der Waals surface area (Å²) in [5.41, 5.74) is 0. The topological polar surface area (TPSA) is 66.9 Å². The summed E-state index contributed by atoms with van der Waals surface area (Å²) in [6.45, 7) is 0.688. The van der Waals surface area contributed by atoms with Crippen molar-refractivity contribution < 1.29 is 4.79 Å². The summed E-state index contributed by atoms with van der Waals surface area (Å²) in [4.78, 5) is 19.3. The number of hydrogen-bond donors (Lipinski definition) is 2. The molecule has 0 unspecified atom stereocenters. The first kappa shape index (κ1) is 12.1. The van der Waals surface area contributed by atoms with Crippen LogP contribution in [0.4, 0.5) is 5.82 Å². The fourth-order valence-electron chi connectivity index (χ4n) is 1.42. The predicted molar refractivity (Wildman–Crippen MR) is 65.9 cm³/mol. The minimum atomic E-state index is 0.131. The van der Waals surface area contributed by atoms with Gasteiger partial charge < -0.3 is 10.6 Å². The maximum absolute atomic E-state index is 11.4. The molecule has 0 spiro atoms. The molecule has 1 aliphatic carbocycles. The number of anilines is 1. The van der Waals surface area contributed by atoms with E-state index in [0.717, 1.165) is 19.3 Å². The Morgan fingerprint density at radius 1 is 1.47 bits per heavy atom. The Morgan fingerprint density at radius 3 is 3.00 bits per heavy atom. The Balaban J connectivity index is 1.60. The average molecular weight is 255 g/mol. The van der Waals surface area contributed by atoms with Crippen molar-refractivity contribution in [3.63, 3.8) is 0 Å². The Bertz CT molecular complexity index is 395. The molecule has 1 amide bonds. The number of rotatable bonds is 6. The second kappa shape index (κ2) is 5.82. The van der Waals surface area contributed by atoms with Crippen LogP contribution in [0.5, 0.6) is 0 Å². The summed E-state index contributed by atoms with van der Waals surface area (Å²) in [5, 5.41) is 6.38. The van der Waals surface area contributed by atoms with E-state index in [4.69, 9.17) is 11.6 Å². The van der Waals surface area contributed by atoms with Crippen LogP contribution in [0.1, 0.15) is 25.7 Å². The molecule has 0 atom stereocenters. The zero-order valence-electron chi connectivity index (χ0n) is 9.45. The number of hydrogen-bond acceptors (Lipinski definition) is 4. The lowest BCUT2D eigenvalue weighted by atomic mass is 10.3. The largest absolute Gasteiger partial charge is 0.369 e. The number of carbonyl (C=O) groups is 1. The number of nitrogens with zero attached hydrogens (tertiary/aromatic N) is 2. The van der Waals surface area contributed by atoms with Crippen LogP contribution in [0.15, 0.2) is 12.4 Å². The minimum Gasteiger partial charge on any atom is -0.369 e. The van der Waals surface area contributed by atoms with Gasteiger partial charge in [0.1, 0.15) is 11.0 Å². The third-order valence-electron chi connectivity index (χ3n) is 2.43. The molecule has 1 aromatic rings. The van der Waals surface area contributed by atoms with Crippen molar-refractivity contribution in [3.8, 4) is 0 Å². The van der Waals surface area contributed by atoms with E-state index in [9.17, 15) is 4.79 Å². The molecule has 0 aliphatic heterocycles. The van der Waals surface area contributed by atoms with Gasteiger partial charge in [0.05, 0.1) is 12.4 Å². The summed E-state index contributed by atoms with van der Waals surface area (Å²) >= 11 is 5.69. The van der Waals surface area contributed by atoms with E-state index in [1.807, 2.05) is 0 Å². The molecule has 1 saturated carbocycles. The van der Waals surface area contributed by atoms with Crippen molar-refractivity contribution in [2.75, 3.05) is 11.9 Å². The van der Waals surface area contributed by atoms with Crippen LogP contribution < -0.4 is 10.6 Å². The first-order valence-corrected chi connectivity index (χ1v) is 6.12. The van der Waals surface area contributed by atoms with Crippen LogP contribution in [-0.4, -0.2) is 28.5 Å². The SMILES string of the molecule is O=C(CCCNc1cncc(Cl)n1)NC1CC1. The first-order valence-electron chi connectivity index (χ1n) is 5.75. The zero-order chi connectivity index (χ0) is 12.1. The summed E-state index contributed by atoms with van der Waals surface area (Å²) in [6.07, 6.45) is 6.65. The fourth-order valence-corrected chi connectivity index (χ4v) is 1.57. The molecule has 1 fully saturated rings. The molecule has 6 heteroatoms. The van der Waals surface area contributed by atoms with Gasteiger partial charge in [0.25, 0.3) is 0 Å². The highest BCUT2D eigenvalue weighted by atomic mass is 35.5. The van der Waals surface area contributed by atoms with Crippen LogP contribution in [-0.2, 0) is 4.79 Å². The number of halogens is 1. The highest BCUT2D eigenvalue weighted by molar-refractivity contribution is 6.29. The zero-order valence-corrected chi connectivity index (χ0v) is 10.2. The van der Waals surface area contributed by atoms with Gasteiger partial charge in [-0.3, -0.25) is 9.78 Å². The maximum atomic E-state index is 11.4. The van der Waals surface area contributed by atoms with Gasteiger partial charge >= 0.3 is 0 Å². The molecule has 2 rings (SSSR count). The molecular formula is C11H15ClN4O. The Labute approximate surface area is 105 Å². The van der Waals surface area contributed by atoms with E-state index >= 15 is 0 Å². The number of aromatic nitrogens is 2. The van der Waals surface area contributed by atoms with Crippen LogP contribution in [0, 0.1) is 0 Å². The van der Waals surface area contributed by atoms with E-state index in [2.05, 4.69) is 20.6 Å². The maximum Gasteiger partial charge on any atom is 0.220 e. The lowest BCUT2D eigenvalue weighted by Crippen LogP contribution is -2.25. The van der Waals surface area contributed by atoms with Crippen molar-refractivity contribution in [2.45, 2.75) is 31.7 Å². The van der Waals surface area contributed by atoms with Crippen molar-refractivity contribution in [2.24, 2.45) is 0 Å². The Hall–Kier alpha value is -1.36. The number of nitrogens with one attached hydrogen (secondary N) is 2. The van der Waals surface area contributed by atoms with Gasteiger partial charge in [-0.05, 0) is 19.3 Å². The van der Waals surface area contributed by atoms with E-state index in [1.165, 1.54) is 6.20 Å². The van der Waals surface area contributed by atoms with Crippen LogP contribution in [0.25, 0.3) is 0 Å². The molecule has 1 aliphatic rings. The third kappa shape index (κ3) is 4.56. The molecular weight excluding hydrogens is 240 g/mol. The molecule has 0 saturated heterocycles. The Kier molecular flexibility index (Phi) is 4.14. The van der Waals surface area contributed by atoms with Gasteiger partial charge in [0.15, 0.2) is 0 Å². The van der Waals surface area contributed by atoms with Gasteiger partial charge in [-0.1, -0.05) is 11.6 Å². The normalized spacial score (nSPS) is 14.4. The number of amides is 1. The highest BCUT2D eigenvalue weighted by Gasteiger charge is 2.22. The molecule has 1 heterocycles. The quantitative estimate of drug-likeness (QED) is 0.757. The van der Waals surface area contributed by atoms with Crippen LogP contribution >= 0.6 is 11.6 Å². The fraction of sp³-hybridized carbons (Fsp3) is 0.545. The molecule has 0 bridgehead atoms. The van der Waals surface area contributed by atoms with Crippen molar-refractivity contribution in [1.29, 1.82) is 0 Å². The Morgan fingerprint density at radius 2 is 2.29 bits per heavy atom. The van der Waals surface area contributed by atoms with Crippen molar-refractivity contribution in [3.05, 3.63) is 17.5 Å². The van der Waals surface area contributed by atoms with Gasteiger partial charge in [-0.15, -0.1) is 0 Å². The summed E-state index contributed by atoms with van der Waals surface area (Å²) in [7, 11) is 0. The van der Waals surface area contributed by atoms with Gasteiger partial charge in [-0.2, -0.15) is 0 Å². The first-order chi connectivity index (χ1) is 8.24. The molecule has 5 nitrogen and oxygen atoms in total. The molecule has 0 radical (unpaired) electrons. The lowest BCUT2D eigenvalue weighted by molar-refractivity contribution is -0.121. The van der Waals surface area contributed by atoms with E-state index in [1.54, 1.807) is 6.20 Å². The highest BCUT2D eigenvalue weighted by Crippen LogP contribution is 2.18. The average Bonchev–Trinajstić information content (AvgIpc) is 3.08. The molecule has 1 aromatic heterocycles. The molecule has 2 N–H and O–H groups in total. The van der Waals surface area contributed by atoms with Gasteiger partial charge in [0, 0.05) is 19.0 Å². The standard InChI is InChI=1S/C11H15ClN4O/c12-9-6-13-7-10(16-9)14-5-1-2-11(17)15-8-3-4-8/h6-8H,1-5H2,(H,14,16)(H,15,17). The molecule has 17 heavy (non-hydrogen) atoms. The summed E-state index contributed by atoms with van der Waals surface area (Å²) < 4.78 is 0. The summed E-state index contributed by atoms with van der Waals surface area (Å²) in [6, 6.07) is 0.439. The smallest absolute Gasteiger partial charge is 0.220 e. The van der Waals surface area contributed by atoms with E-state index < -0.39 is 0 Å². The van der Waals surface area contributed by atoms with Gasteiger partial charge in [0.2, 0.25) is 5.91 Å². The molecule has 0 aromatic carbocycles. The monoisotopic (exact) mass is 254 g/mol. The van der Waals surface area contributed by atoms with E-state index in [0.29, 0.717) is 30.0 Å². The summed E-state index contributed by atoms with van der Waals surface area (Å²) in [5.74, 6) is 0.770. The van der Waals surface area contributed by atoms with Crippen LogP contribution in [0.3, 0.4) is 0 Å². The minimum absolute atomic E-state index is 0.131. The third-order valence-corrected chi connectivity index (χ3v) is 2.62. The second-order valence-electron chi connectivity index (χ2n) is 4.10. The van der Waals surface area contributed by atoms with Crippen molar-refractivity contribution >= 4 is 23.3 Å². The second-order valence-corrected chi connectivity index (χ2v) is 4.49. The van der Waals surface area contributed by atoms with Crippen LogP contribution in [0.2, 0.25) is 5.15 Å². The molecule has 92 valence electrons. The van der Waals surface area contributed by atoms with E-state index in [-0.39, 0.29) is 5.91 Å². The van der Waals surface area contributed by atoms with Crippen molar-refractivity contribution in [1.82, 2.24) is 15.3 Å². The predicted octanol–water partition coefficient (Wildman–Crippen LogP) is 1.60. The lowest BCUT2D eigenvalue weighted by Gasteiger charge is -2.05.